The highest BCUT2D eigenvalue weighted by molar-refractivity contribution is 7.99. The van der Waals surface area contributed by atoms with Crippen molar-refractivity contribution in [3.8, 4) is 0 Å². The second kappa shape index (κ2) is 8.90. The van der Waals surface area contributed by atoms with E-state index >= 15 is 0 Å². The fourth-order valence-corrected chi connectivity index (χ4v) is 3.73. The van der Waals surface area contributed by atoms with Crippen molar-refractivity contribution in [2.75, 3.05) is 24.2 Å². The first-order valence-electron chi connectivity index (χ1n) is 8.94. The molecule has 2 aromatic carbocycles. The van der Waals surface area contributed by atoms with E-state index in [2.05, 4.69) is 36.5 Å². The molecule has 0 radical (unpaired) electrons. The summed E-state index contributed by atoms with van der Waals surface area (Å²) < 4.78 is 0. The predicted molar refractivity (Wildman–Crippen MR) is 108 cm³/mol. The molecule has 2 aromatic rings. The number of nitrogens with one attached hydrogen (secondary N) is 1. The van der Waals surface area contributed by atoms with Crippen molar-refractivity contribution < 1.29 is 9.59 Å². The number of hydrogen-bond acceptors (Lipinski definition) is 3. The maximum atomic E-state index is 12.3. The van der Waals surface area contributed by atoms with Crippen LogP contribution in [-0.4, -0.2) is 35.6 Å². The van der Waals surface area contributed by atoms with E-state index in [0.29, 0.717) is 11.3 Å². The fraction of sp³-hybridized carbons (Fsp3) is 0.333. The summed E-state index contributed by atoms with van der Waals surface area (Å²) in [5.41, 5.74) is 3.86. The average Bonchev–Trinajstić information content (AvgIpc) is 3.18. The Kier molecular flexibility index (Phi) is 6.34. The number of anilines is 1. The minimum atomic E-state index is -0.0271. The van der Waals surface area contributed by atoms with Gasteiger partial charge in [0.05, 0.1) is 5.75 Å². The van der Waals surface area contributed by atoms with Crippen molar-refractivity contribution in [1.82, 2.24) is 4.90 Å². The van der Waals surface area contributed by atoms with E-state index < -0.39 is 0 Å². The molecule has 1 heterocycles. The van der Waals surface area contributed by atoms with Crippen LogP contribution in [0.5, 0.6) is 0 Å². The molecule has 1 saturated heterocycles. The molecule has 5 heteroatoms. The number of amides is 2. The van der Waals surface area contributed by atoms with Gasteiger partial charge in [-0.1, -0.05) is 29.8 Å². The molecule has 136 valence electrons. The summed E-state index contributed by atoms with van der Waals surface area (Å²) in [6, 6.07) is 15.5. The van der Waals surface area contributed by atoms with E-state index in [4.69, 9.17) is 0 Å². The highest BCUT2D eigenvalue weighted by atomic mass is 32.2. The highest BCUT2D eigenvalue weighted by Gasteiger charge is 2.19. The lowest BCUT2D eigenvalue weighted by atomic mass is 10.2. The maximum absolute atomic E-state index is 12.3. The van der Waals surface area contributed by atoms with Gasteiger partial charge in [0.1, 0.15) is 0 Å². The molecule has 0 aliphatic carbocycles. The van der Waals surface area contributed by atoms with Crippen molar-refractivity contribution in [1.29, 1.82) is 0 Å². The molecule has 0 unspecified atom stereocenters. The van der Waals surface area contributed by atoms with Gasteiger partial charge in [0.25, 0.3) is 5.91 Å². The van der Waals surface area contributed by atoms with Gasteiger partial charge in [0.2, 0.25) is 5.91 Å². The van der Waals surface area contributed by atoms with Crippen LogP contribution in [-0.2, 0) is 10.5 Å². The molecule has 1 N–H and O–H groups in total. The first-order valence-corrected chi connectivity index (χ1v) is 10.1. The Hall–Kier alpha value is -2.27. The van der Waals surface area contributed by atoms with E-state index in [-0.39, 0.29) is 11.8 Å². The molecule has 3 rings (SSSR count). The smallest absolute Gasteiger partial charge is 0.253 e. The van der Waals surface area contributed by atoms with Crippen molar-refractivity contribution in [2.24, 2.45) is 0 Å². The van der Waals surface area contributed by atoms with Crippen LogP contribution in [0.2, 0.25) is 0 Å². The summed E-state index contributed by atoms with van der Waals surface area (Å²) in [6.07, 6.45) is 2.17. The van der Waals surface area contributed by atoms with E-state index in [1.165, 1.54) is 11.1 Å². The van der Waals surface area contributed by atoms with Gasteiger partial charge in [-0.05, 0) is 49.6 Å². The number of rotatable bonds is 6. The molecule has 1 aliphatic rings. The Morgan fingerprint density at radius 1 is 1.00 bits per heavy atom. The van der Waals surface area contributed by atoms with Gasteiger partial charge in [0.15, 0.2) is 0 Å². The van der Waals surface area contributed by atoms with Gasteiger partial charge in [-0.2, -0.15) is 0 Å². The second-order valence-corrected chi connectivity index (χ2v) is 7.59. The monoisotopic (exact) mass is 368 g/mol. The SMILES string of the molecule is Cc1ccc(CSCC(=O)Nc2ccc(C(=O)N3CCCC3)cc2)cc1. The Bertz CT molecular complexity index is 751. The van der Waals surface area contributed by atoms with Crippen LogP contribution >= 0.6 is 11.8 Å². The van der Waals surface area contributed by atoms with Crippen molar-refractivity contribution in [3.63, 3.8) is 0 Å². The van der Waals surface area contributed by atoms with Crippen molar-refractivity contribution in [2.45, 2.75) is 25.5 Å². The second-order valence-electron chi connectivity index (χ2n) is 6.60. The van der Waals surface area contributed by atoms with Gasteiger partial charge in [-0.25, -0.2) is 0 Å². The van der Waals surface area contributed by atoms with Crippen LogP contribution in [0.1, 0.15) is 34.3 Å². The zero-order chi connectivity index (χ0) is 18.4. The lowest BCUT2D eigenvalue weighted by Crippen LogP contribution is -2.27. The van der Waals surface area contributed by atoms with Crippen molar-refractivity contribution in [3.05, 3.63) is 65.2 Å². The van der Waals surface area contributed by atoms with Crippen LogP contribution in [0.25, 0.3) is 0 Å². The number of aryl methyl sites for hydroxylation is 1. The van der Waals surface area contributed by atoms with E-state index in [0.717, 1.165) is 37.4 Å². The Morgan fingerprint density at radius 3 is 2.31 bits per heavy atom. The highest BCUT2D eigenvalue weighted by Crippen LogP contribution is 2.17. The Labute approximate surface area is 159 Å². The summed E-state index contributed by atoms with van der Waals surface area (Å²) in [5, 5.41) is 2.89. The molecule has 4 nitrogen and oxygen atoms in total. The topological polar surface area (TPSA) is 49.4 Å². The molecule has 26 heavy (non-hydrogen) atoms. The molecular weight excluding hydrogens is 344 g/mol. The number of likely N-dealkylation sites (tertiary alicyclic amines) is 1. The lowest BCUT2D eigenvalue weighted by molar-refractivity contribution is -0.113. The minimum Gasteiger partial charge on any atom is -0.339 e. The van der Waals surface area contributed by atoms with E-state index in [1.54, 1.807) is 36.0 Å². The molecule has 2 amide bonds. The van der Waals surface area contributed by atoms with Crippen LogP contribution < -0.4 is 5.32 Å². The third-order valence-electron chi connectivity index (χ3n) is 4.43. The van der Waals surface area contributed by atoms with Gasteiger partial charge < -0.3 is 10.2 Å². The Morgan fingerprint density at radius 2 is 1.65 bits per heavy atom. The predicted octanol–water partition coefficient (Wildman–Crippen LogP) is 4.10. The van der Waals surface area contributed by atoms with Crippen LogP contribution in [0, 0.1) is 6.92 Å². The van der Waals surface area contributed by atoms with Crippen LogP contribution in [0.3, 0.4) is 0 Å². The van der Waals surface area contributed by atoms with Crippen molar-refractivity contribution >= 4 is 29.3 Å². The molecule has 1 aliphatic heterocycles. The van der Waals surface area contributed by atoms with E-state index in [9.17, 15) is 9.59 Å². The molecule has 0 aromatic heterocycles. The largest absolute Gasteiger partial charge is 0.339 e. The lowest BCUT2D eigenvalue weighted by Gasteiger charge is -2.15. The number of nitrogens with zero attached hydrogens (tertiary/aromatic N) is 1. The molecule has 0 saturated carbocycles. The number of hydrogen-bond donors (Lipinski definition) is 1. The number of thioether (sulfide) groups is 1. The summed E-state index contributed by atoms with van der Waals surface area (Å²) in [4.78, 5) is 26.3. The summed E-state index contributed by atoms with van der Waals surface area (Å²) in [7, 11) is 0. The molecule has 0 bridgehead atoms. The average molecular weight is 369 g/mol. The standard InChI is InChI=1S/C21H24N2O2S/c1-16-4-6-17(7-5-16)14-26-15-20(24)22-19-10-8-18(9-11-19)21(25)23-12-2-3-13-23/h4-11H,2-3,12-15H2,1H3,(H,22,24). The first kappa shape index (κ1) is 18.5. The number of benzene rings is 2. The molecule has 0 atom stereocenters. The Balaban J connectivity index is 1.45. The third-order valence-corrected chi connectivity index (χ3v) is 5.44. The summed E-state index contributed by atoms with van der Waals surface area (Å²) >= 11 is 1.59. The number of carbonyl (C=O) groups excluding carboxylic acids is 2. The first-order chi connectivity index (χ1) is 12.6. The summed E-state index contributed by atoms with van der Waals surface area (Å²) in [5.74, 6) is 1.27. The maximum Gasteiger partial charge on any atom is 0.253 e. The third kappa shape index (κ3) is 5.11. The summed E-state index contributed by atoms with van der Waals surface area (Å²) in [6.45, 7) is 3.75. The van der Waals surface area contributed by atoms with Gasteiger partial charge in [-0.15, -0.1) is 11.8 Å². The van der Waals surface area contributed by atoms with Gasteiger partial charge in [-0.3, -0.25) is 9.59 Å². The van der Waals surface area contributed by atoms with Crippen LogP contribution in [0.15, 0.2) is 48.5 Å². The number of carbonyl (C=O) groups is 2. The minimum absolute atomic E-state index is 0.0271. The molecular formula is C21H24N2O2S. The van der Waals surface area contributed by atoms with E-state index in [1.807, 2.05) is 4.90 Å². The molecule has 1 fully saturated rings. The zero-order valence-corrected chi connectivity index (χ0v) is 15.8. The van der Waals surface area contributed by atoms with Crippen LogP contribution in [0.4, 0.5) is 5.69 Å². The zero-order valence-electron chi connectivity index (χ0n) is 15.0. The fourth-order valence-electron chi connectivity index (χ4n) is 2.94. The normalized spacial score (nSPS) is 13.7. The quantitative estimate of drug-likeness (QED) is 0.835. The molecule has 0 spiro atoms. The van der Waals surface area contributed by atoms with Gasteiger partial charge >= 0.3 is 0 Å². The van der Waals surface area contributed by atoms with Gasteiger partial charge in [0, 0.05) is 30.1 Å².